The Morgan fingerprint density at radius 3 is 2.85 bits per heavy atom. The van der Waals surface area contributed by atoms with E-state index >= 15 is 0 Å². The van der Waals surface area contributed by atoms with E-state index in [9.17, 15) is 9.90 Å². The number of hydrogen-bond donors (Lipinski definition) is 2. The number of aliphatic hydroxyl groups is 1. The number of carbonyl (C=O) groups is 1. The minimum absolute atomic E-state index is 0.0136. The van der Waals surface area contributed by atoms with Crippen molar-refractivity contribution in [3.8, 4) is 10.6 Å². The lowest BCUT2D eigenvalue weighted by Gasteiger charge is -2.15. The van der Waals surface area contributed by atoms with Crippen LogP contribution >= 0.6 is 11.3 Å². The number of nitrogens with zero attached hydrogens (tertiary/aromatic N) is 3. The summed E-state index contributed by atoms with van der Waals surface area (Å²) in [5.41, 5.74) is 3.78. The molecule has 1 aromatic carbocycles. The van der Waals surface area contributed by atoms with E-state index in [4.69, 9.17) is 0 Å². The molecule has 1 amide bonds. The van der Waals surface area contributed by atoms with E-state index in [0.717, 1.165) is 27.7 Å². The van der Waals surface area contributed by atoms with Gasteiger partial charge in [0.1, 0.15) is 5.01 Å². The highest BCUT2D eigenvalue weighted by Crippen LogP contribution is 2.25. The summed E-state index contributed by atoms with van der Waals surface area (Å²) in [6, 6.07) is 12.0. The Kier molecular flexibility index (Phi) is 5.05. The minimum Gasteiger partial charge on any atom is -0.391 e. The number of aliphatic hydroxyl groups excluding tert-OH is 1. The van der Waals surface area contributed by atoms with E-state index in [2.05, 4.69) is 15.2 Å². The first-order chi connectivity index (χ1) is 13.1. The largest absolute Gasteiger partial charge is 0.391 e. The van der Waals surface area contributed by atoms with Gasteiger partial charge >= 0.3 is 0 Å². The molecule has 140 valence electrons. The predicted molar refractivity (Wildman–Crippen MR) is 104 cm³/mol. The fourth-order valence-electron chi connectivity index (χ4n) is 3.47. The molecule has 0 saturated carbocycles. The van der Waals surface area contributed by atoms with Crippen LogP contribution in [0.2, 0.25) is 0 Å². The number of H-pyrrole nitrogens is 1. The van der Waals surface area contributed by atoms with Gasteiger partial charge in [-0.15, -0.1) is 11.3 Å². The predicted octanol–water partition coefficient (Wildman–Crippen LogP) is 2.45. The van der Waals surface area contributed by atoms with Crippen LogP contribution in [-0.2, 0) is 17.6 Å². The van der Waals surface area contributed by atoms with Crippen LogP contribution in [0.15, 0.2) is 41.8 Å². The van der Waals surface area contributed by atoms with Gasteiger partial charge in [-0.3, -0.25) is 9.89 Å². The highest BCUT2D eigenvalue weighted by Gasteiger charge is 2.34. The summed E-state index contributed by atoms with van der Waals surface area (Å²) in [5, 5.41) is 20.4. The SMILES string of the molecule is Cc1cc(C[C@@H]2CN(C(=O)Cc3csc(-c4ccccc4)n3)C[C@H]2O)n[nH]1. The van der Waals surface area contributed by atoms with Gasteiger partial charge in [0.15, 0.2) is 0 Å². The van der Waals surface area contributed by atoms with Crippen LogP contribution in [0.1, 0.15) is 17.1 Å². The molecule has 3 aromatic rings. The Morgan fingerprint density at radius 1 is 1.30 bits per heavy atom. The summed E-state index contributed by atoms with van der Waals surface area (Å²) in [5.74, 6) is 0.0339. The lowest BCUT2D eigenvalue weighted by Crippen LogP contribution is -2.31. The molecular formula is C20H22N4O2S. The van der Waals surface area contributed by atoms with Gasteiger partial charge < -0.3 is 10.0 Å². The molecule has 6 nitrogen and oxygen atoms in total. The van der Waals surface area contributed by atoms with Crippen LogP contribution in [0.25, 0.3) is 10.6 Å². The first-order valence-corrected chi connectivity index (χ1v) is 9.93. The third kappa shape index (κ3) is 4.09. The van der Waals surface area contributed by atoms with Crippen LogP contribution < -0.4 is 0 Å². The third-order valence-corrected chi connectivity index (χ3v) is 5.83. The first-order valence-electron chi connectivity index (χ1n) is 9.05. The highest BCUT2D eigenvalue weighted by atomic mass is 32.1. The molecule has 0 spiro atoms. The Morgan fingerprint density at radius 2 is 2.11 bits per heavy atom. The number of aromatic nitrogens is 3. The Bertz CT molecular complexity index is 921. The second kappa shape index (κ2) is 7.62. The Balaban J connectivity index is 1.37. The zero-order valence-electron chi connectivity index (χ0n) is 15.1. The summed E-state index contributed by atoms with van der Waals surface area (Å²) in [4.78, 5) is 19.0. The van der Waals surface area contributed by atoms with Gasteiger partial charge in [0.05, 0.1) is 23.9 Å². The molecule has 3 heterocycles. The van der Waals surface area contributed by atoms with E-state index in [1.54, 1.807) is 16.2 Å². The molecule has 1 aliphatic heterocycles. The standard InChI is InChI=1S/C20H22N4O2S/c1-13-7-16(23-22-13)8-15-10-24(11-18(15)25)19(26)9-17-12-27-20(21-17)14-5-3-2-4-6-14/h2-7,12,15,18,25H,8-11H2,1H3,(H,22,23)/t15-,18-/m1/s1. The molecule has 4 rings (SSSR count). The Labute approximate surface area is 161 Å². The number of thiazole rings is 1. The van der Waals surface area contributed by atoms with Gasteiger partial charge in [-0.2, -0.15) is 5.10 Å². The first kappa shape index (κ1) is 17.9. The average Bonchev–Trinajstić information content (AvgIpc) is 3.38. The summed E-state index contributed by atoms with van der Waals surface area (Å²) >= 11 is 1.55. The van der Waals surface area contributed by atoms with Crippen LogP contribution in [0, 0.1) is 12.8 Å². The molecule has 0 radical (unpaired) electrons. The molecule has 0 unspecified atom stereocenters. The molecule has 0 aliphatic carbocycles. The van der Waals surface area contributed by atoms with Crippen LogP contribution in [0.5, 0.6) is 0 Å². The summed E-state index contributed by atoms with van der Waals surface area (Å²) in [6.07, 6.45) is 0.426. The van der Waals surface area contributed by atoms with Crippen molar-refractivity contribution in [1.29, 1.82) is 0 Å². The molecule has 2 N–H and O–H groups in total. The van der Waals surface area contributed by atoms with Crippen molar-refractivity contribution in [2.45, 2.75) is 25.9 Å². The molecule has 1 saturated heterocycles. The fourth-order valence-corrected chi connectivity index (χ4v) is 4.30. The van der Waals surface area contributed by atoms with Gasteiger partial charge in [-0.05, 0) is 19.4 Å². The van der Waals surface area contributed by atoms with Gasteiger partial charge in [0.2, 0.25) is 5.91 Å². The smallest absolute Gasteiger partial charge is 0.228 e. The van der Waals surface area contributed by atoms with Gasteiger partial charge in [-0.1, -0.05) is 30.3 Å². The number of likely N-dealkylation sites (tertiary alicyclic amines) is 1. The topological polar surface area (TPSA) is 82.1 Å². The summed E-state index contributed by atoms with van der Waals surface area (Å²) in [6.45, 7) is 2.89. The van der Waals surface area contributed by atoms with Crippen molar-refractivity contribution in [3.05, 3.63) is 58.9 Å². The van der Waals surface area contributed by atoms with Crippen molar-refractivity contribution in [3.63, 3.8) is 0 Å². The van der Waals surface area contributed by atoms with Crippen molar-refractivity contribution in [2.24, 2.45) is 5.92 Å². The van der Waals surface area contributed by atoms with Crippen molar-refractivity contribution < 1.29 is 9.90 Å². The van der Waals surface area contributed by atoms with Gasteiger partial charge in [-0.25, -0.2) is 4.98 Å². The molecule has 2 aromatic heterocycles. The zero-order chi connectivity index (χ0) is 18.8. The molecular weight excluding hydrogens is 360 g/mol. The zero-order valence-corrected chi connectivity index (χ0v) is 15.9. The quantitative estimate of drug-likeness (QED) is 0.710. The second-order valence-electron chi connectivity index (χ2n) is 7.06. The van der Waals surface area contributed by atoms with E-state index in [-0.39, 0.29) is 18.2 Å². The highest BCUT2D eigenvalue weighted by molar-refractivity contribution is 7.13. The molecule has 2 atom stereocenters. The number of aryl methyl sites for hydroxylation is 1. The molecule has 1 fully saturated rings. The van der Waals surface area contributed by atoms with E-state index in [1.165, 1.54) is 0 Å². The van der Waals surface area contributed by atoms with E-state index in [0.29, 0.717) is 19.5 Å². The van der Waals surface area contributed by atoms with Crippen LogP contribution in [-0.4, -0.2) is 50.3 Å². The lowest BCUT2D eigenvalue weighted by atomic mass is 10.0. The third-order valence-electron chi connectivity index (χ3n) is 4.89. The van der Waals surface area contributed by atoms with Crippen LogP contribution in [0.4, 0.5) is 0 Å². The second-order valence-corrected chi connectivity index (χ2v) is 7.92. The number of aromatic amines is 1. The average molecular weight is 382 g/mol. The fraction of sp³-hybridized carbons (Fsp3) is 0.350. The number of nitrogens with one attached hydrogen (secondary N) is 1. The van der Waals surface area contributed by atoms with E-state index < -0.39 is 6.10 Å². The van der Waals surface area contributed by atoms with Crippen molar-refractivity contribution >= 4 is 17.2 Å². The minimum atomic E-state index is -0.513. The monoisotopic (exact) mass is 382 g/mol. The number of benzene rings is 1. The summed E-state index contributed by atoms with van der Waals surface area (Å²) < 4.78 is 0. The van der Waals surface area contributed by atoms with Crippen LogP contribution in [0.3, 0.4) is 0 Å². The molecule has 7 heteroatoms. The Hall–Kier alpha value is -2.51. The lowest BCUT2D eigenvalue weighted by molar-refractivity contribution is -0.129. The van der Waals surface area contributed by atoms with Gasteiger partial charge in [0, 0.05) is 35.6 Å². The maximum atomic E-state index is 12.7. The molecule has 0 bridgehead atoms. The van der Waals surface area contributed by atoms with Gasteiger partial charge in [0.25, 0.3) is 0 Å². The van der Waals surface area contributed by atoms with Crippen molar-refractivity contribution in [1.82, 2.24) is 20.1 Å². The number of rotatable bonds is 5. The maximum absolute atomic E-state index is 12.7. The maximum Gasteiger partial charge on any atom is 0.228 e. The molecule has 1 aliphatic rings. The number of hydrogen-bond acceptors (Lipinski definition) is 5. The summed E-state index contributed by atoms with van der Waals surface area (Å²) in [7, 11) is 0. The van der Waals surface area contributed by atoms with Crippen molar-refractivity contribution in [2.75, 3.05) is 13.1 Å². The number of β-amino-alcohol motifs (C(OH)–C–C–N with tert-alkyl or cyclic N) is 1. The number of amides is 1. The molecule has 27 heavy (non-hydrogen) atoms. The normalized spacial score (nSPS) is 19.6. The number of carbonyl (C=O) groups excluding carboxylic acids is 1. The van der Waals surface area contributed by atoms with E-state index in [1.807, 2.05) is 48.7 Å².